The van der Waals surface area contributed by atoms with Gasteiger partial charge in [0.2, 0.25) is 0 Å². The molecule has 0 fully saturated rings. The number of hydrogen-bond acceptors (Lipinski definition) is 0. The average Bonchev–Trinajstić information content (AvgIpc) is 2.28. The Bertz CT molecular complexity index is 409. The van der Waals surface area contributed by atoms with Crippen molar-refractivity contribution < 1.29 is 32.4 Å². The zero-order chi connectivity index (χ0) is 14.3. The molecular formula is C9H9AsF8. The molecule has 0 saturated heterocycles. The SMILES string of the molecule is CCCC1([AsH](F)(F)F)C(F)=C(F)C(F)=C(F)C1F. The van der Waals surface area contributed by atoms with Crippen LogP contribution in [0.2, 0.25) is 4.20 Å². The van der Waals surface area contributed by atoms with Gasteiger partial charge in [-0.3, -0.25) is 0 Å². The van der Waals surface area contributed by atoms with Crippen molar-refractivity contribution in [1.29, 1.82) is 0 Å². The van der Waals surface area contributed by atoms with E-state index in [0.29, 0.717) is 0 Å². The average molecular weight is 344 g/mol. The van der Waals surface area contributed by atoms with Gasteiger partial charge >= 0.3 is 101 Å². The molecule has 0 aromatic heterocycles. The normalized spacial score (nSPS) is 31.1. The van der Waals surface area contributed by atoms with Crippen LogP contribution < -0.4 is 0 Å². The fourth-order valence-electron chi connectivity index (χ4n) is 1.88. The molecule has 0 saturated carbocycles. The van der Waals surface area contributed by atoms with Crippen molar-refractivity contribution in [3.05, 3.63) is 23.3 Å². The van der Waals surface area contributed by atoms with Crippen molar-refractivity contribution in [2.75, 3.05) is 0 Å². The summed E-state index contributed by atoms with van der Waals surface area (Å²) in [5.41, 5.74) is 0. The summed E-state index contributed by atoms with van der Waals surface area (Å²) < 4.78 is 101. The number of hydrogen-bond donors (Lipinski definition) is 0. The molecule has 0 bridgehead atoms. The topological polar surface area (TPSA) is 0 Å². The third kappa shape index (κ3) is 1.98. The molecule has 0 aromatic rings. The van der Waals surface area contributed by atoms with Crippen LogP contribution in [0.15, 0.2) is 23.3 Å². The Balaban J connectivity index is 3.55. The Morgan fingerprint density at radius 2 is 1.56 bits per heavy atom. The molecule has 0 aliphatic heterocycles. The summed E-state index contributed by atoms with van der Waals surface area (Å²) >= 11 is -7.71. The van der Waals surface area contributed by atoms with Crippen molar-refractivity contribution in [1.82, 2.24) is 0 Å². The summed E-state index contributed by atoms with van der Waals surface area (Å²) in [6.07, 6.45) is -5.03. The Morgan fingerprint density at radius 3 is 1.94 bits per heavy atom. The van der Waals surface area contributed by atoms with E-state index in [1.54, 1.807) is 0 Å². The second kappa shape index (κ2) is 4.87. The molecule has 1 aliphatic carbocycles. The van der Waals surface area contributed by atoms with Crippen LogP contribution in [0.1, 0.15) is 19.8 Å². The standard InChI is InChI=1S/C9H9AsF8/c1-2-3-9(10(16,17)18)7(14)5(12)4(11)6(13)8(9)15/h7,10H,2-3H2,1H3. The van der Waals surface area contributed by atoms with Gasteiger partial charge in [-0.15, -0.1) is 0 Å². The van der Waals surface area contributed by atoms with Gasteiger partial charge < -0.3 is 0 Å². The first kappa shape index (κ1) is 15.5. The van der Waals surface area contributed by atoms with Gasteiger partial charge in [0.1, 0.15) is 0 Å². The van der Waals surface area contributed by atoms with Crippen molar-refractivity contribution in [2.45, 2.75) is 30.1 Å². The molecule has 0 spiro atoms. The molecule has 2 atom stereocenters. The van der Waals surface area contributed by atoms with E-state index in [1.165, 1.54) is 6.92 Å². The van der Waals surface area contributed by atoms with Crippen molar-refractivity contribution >= 4 is 15.0 Å². The van der Waals surface area contributed by atoms with Gasteiger partial charge in [0.05, 0.1) is 0 Å². The van der Waals surface area contributed by atoms with Gasteiger partial charge in [-0.25, -0.2) is 0 Å². The van der Waals surface area contributed by atoms with E-state index < -0.39 is 55.1 Å². The third-order valence-electron chi connectivity index (χ3n) is 2.79. The van der Waals surface area contributed by atoms with E-state index in [1.807, 2.05) is 0 Å². The van der Waals surface area contributed by atoms with Gasteiger partial charge in [-0.1, -0.05) is 0 Å². The van der Waals surface area contributed by atoms with Crippen LogP contribution in [0, 0.1) is 0 Å². The number of alkyl halides is 1. The molecule has 0 heterocycles. The summed E-state index contributed by atoms with van der Waals surface area (Å²) in [4.78, 5) is 0. The third-order valence-corrected chi connectivity index (χ3v) is 6.43. The van der Waals surface area contributed by atoms with Crippen molar-refractivity contribution in [2.24, 2.45) is 0 Å². The zero-order valence-electron chi connectivity index (χ0n) is 9.02. The van der Waals surface area contributed by atoms with E-state index >= 15 is 0 Å². The molecule has 18 heavy (non-hydrogen) atoms. The van der Waals surface area contributed by atoms with E-state index in [2.05, 4.69) is 0 Å². The van der Waals surface area contributed by atoms with Crippen LogP contribution in [-0.4, -0.2) is 21.1 Å². The van der Waals surface area contributed by atoms with Gasteiger partial charge in [0.15, 0.2) is 0 Å². The zero-order valence-corrected chi connectivity index (χ0v) is 11.1. The van der Waals surface area contributed by atoms with Gasteiger partial charge in [0.25, 0.3) is 0 Å². The molecule has 2 unspecified atom stereocenters. The van der Waals surface area contributed by atoms with Crippen LogP contribution in [0.5, 0.6) is 0 Å². The summed E-state index contributed by atoms with van der Waals surface area (Å²) in [6, 6.07) is 0. The Hall–Kier alpha value is -0.522. The van der Waals surface area contributed by atoms with Crippen LogP contribution >= 0.6 is 0 Å². The van der Waals surface area contributed by atoms with Gasteiger partial charge in [-0.2, -0.15) is 0 Å². The summed E-state index contributed by atoms with van der Waals surface area (Å²) in [7, 11) is 0. The summed E-state index contributed by atoms with van der Waals surface area (Å²) in [6.45, 7) is 1.18. The van der Waals surface area contributed by atoms with E-state index in [0.717, 1.165) is 0 Å². The first-order valence-corrected chi connectivity index (χ1v) is 8.36. The summed E-state index contributed by atoms with van der Waals surface area (Å²) in [5.74, 6) is -10.2. The maximum absolute atomic E-state index is 13.5. The minimum atomic E-state index is -7.71. The van der Waals surface area contributed by atoms with Crippen LogP contribution in [0.4, 0.5) is 32.4 Å². The molecular weight excluding hydrogens is 335 g/mol. The molecule has 0 radical (unpaired) electrons. The van der Waals surface area contributed by atoms with Crippen LogP contribution in [-0.2, 0) is 0 Å². The fourth-order valence-corrected chi connectivity index (χ4v) is 4.62. The number of halogens is 8. The predicted molar refractivity (Wildman–Crippen MR) is 51.5 cm³/mol. The molecule has 9 heteroatoms. The Labute approximate surface area is 101 Å². The molecule has 106 valence electrons. The molecule has 0 aromatic carbocycles. The molecule has 0 N–H and O–H groups in total. The fraction of sp³-hybridized carbons (Fsp3) is 0.556. The molecule has 0 nitrogen and oxygen atoms in total. The Morgan fingerprint density at radius 1 is 1.06 bits per heavy atom. The van der Waals surface area contributed by atoms with Gasteiger partial charge in [0, 0.05) is 0 Å². The first-order valence-electron chi connectivity index (χ1n) is 4.93. The first-order chi connectivity index (χ1) is 8.11. The van der Waals surface area contributed by atoms with Gasteiger partial charge in [-0.05, 0) is 0 Å². The monoisotopic (exact) mass is 344 g/mol. The Kier molecular flexibility index (Phi) is 4.20. The maximum atomic E-state index is 13.5. The van der Waals surface area contributed by atoms with E-state index in [-0.39, 0.29) is 6.42 Å². The number of rotatable bonds is 3. The quantitative estimate of drug-likeness (QED) is 0.512. The summed E-state index contributed by atoms with van der Waals surface area (Å²) in [5, 5.41) is 0. The predicted octanol–water partition coefficient (Wildman–Crippen LogP) is 4.76. The van der Waals surface area contributed by atoms with E-state index in [9.17, 15) is 32.4 Å². The molecule has 0 amide bonds. The van der Waals surface area contributed by atoms with E-state index in [4.69, 9.17) is 0 Å². The number of allylic oxidation sites excluding steroid dienone is 4. The molecule has 1 rings (SSSR count). The minimum absolute atomic E-state index is 0.346. The second-order valence-corrected chi connectivity index (χ2v) is 7.83. The van der Waals surface area contributed by atoms with Crippen LogP contribution in [0.3, 0.4) is 0 Å². The van der Waals surface area contributed by atoms with Crippen LogP contribution in [0.25, 0.3) is 0 Å². The van der Waals surface area contributed by atoms with Crippen molar-refractivity contribution in [3.63, 3.8) is 0 Å². The second-order valence-electron chi connectivity index (χ2n) is 3.87. The molecule has 1 aliphatic rings. The van der Waals surface area contributed by atoms with Crippen molar-refractivity contribution in [3.8, 4) is 0 Å².